The standard InChI is InChI=1S/C48H52Cl3NO14/c1-30(53)57-29-38-40(61-31(2)54)42(44(62-32(3)55)46(64-38)66-47(52)48(49,50)51)65-45-43(60-27-36-22-14-7-15-23-36)41(59-26-35-20-12-6-13-21-35)39(58-25-34-18-10-5-11-19-34)37(63-45)28-56-24-33-16-8-4-9-17-33/h4-23,37-46,52H,24-29H2,1-3H3/t37-,38-,39+,40+,41+,42+,43-,44-,45-,46+/m1/s1. The summed E-state index contributed by atoms with van der Waals surface area (Å²) in [6, 6.07) is 38.1. The first kappa shape index (κ1) is 50.8. The molecule has 2 saturated heterocycles. The molecule has 66 heavy (non-hydrogen) atoms. The molecule has 10 atom stereocenters. The van der Waals surface area contributed by atoms with Gasteiger partial charge in [-0.15, -0.1) is 0 Å². The van der Waals surface area contributed by atoms with Crippen molar-refractivity contribution >= 4 is 58.6 Å². The third-order valence-electron chi connectivity index (χ3n) is 10.3. The van der Waals surface area contributed by atoms with E-state index in [-0.39, 0.29) is 33.0 Å². The van der Waals surface area contributed by atoms with E-state index in [1.165, 1.54) is 6.92 Å². The van der Waals surface area contributed by atoms with Crippen molar-refractivity contribution in [2.24, 2.45) is 0 Å². The highest BCUT2D eigenvalue weighted by Crippen LogP contribution is 2.38. The summed E-state index contributed by atoms with van der Waals surface area (Å²) in [5.41, 5.74) is 3.44. The predicted molar refractivity (Wildman–Crippen MR) is 240 cm³/mol. The fourth-order valence-corrected chi connectivity index (χ4v) is 7.44. The second kappa shape index (κ2) is 24.9. The fraction of sp³-hybridized carbons (Fsp3) is 0.417. The first-order valence-corrected chi connectivity index (χ1v) is 22.2. The number of carbonyl (C=O) groups excluding carboxylic acids is 3. The van der Waals surface area contributed by atoms with Crippen molar-refractivity contribution in [3.8, 4) is 0 Å². The molecule has 2 fully saturated rings. The third kappa shape index (κ3) is 15.2. The van der Waals surface area contributed by atoms with Crippen LogP contribution in [0.15, 0.2) is 121 Å². The van der Waals surface area contributed by atoms with Crippen LogP contribution in [0.4, 0.5) is 0 Å². The normalized spacial score (nSPS) is 25.3. The summed E-state index contributed by atoms with van der Waals surface area (Å²) < 4.78 is 66.9. The van der Waals surface area contributed by atoms with Crippen molar-refractivity contribution in [1.29, 1.82) is 5.41 Å². The summed E-state index contributed by atoms with van der Waals surface area (Å²) in [7, 11) is 0. The number of hydrogen-bond donors (Lipinski definition) is 1. The molecule has 0 amide bonds. The van der Waals surface area contributed by atoms with Crippen LogP contribution in [0, 0.1) is 5.41 Å². The van der Waals surface area contributed by atoms with Crippen molar-refractivity contribution in [2.75, 3.05) is 13.2 Å². The molecule has 0 unspecified atom stereocenters. The Morgan fingerprint density at radius 1 is 0.500 bits per heavy atom. The fourth-order valence-electron chi connectivity index (χ4n) is 7.31. The van der Waals surface area contributed by atoms with Crippen LogP contribution in [0.3, 0.4) is 0 Å². The monoisotopic (exact) mass is 971 g/mol. The summed E-state index contributed by atoms with van der Waals surface area (Å²) in [4.78, 5) is 38.0. The molecule has 0 saturated carbocycles. The van der Waals surface area contributed by atoms with Crippen LogP contribution in [-0.4, -0.2) is 102 Å². The molecule has 0 radical (unpaired) electrons. The van der Waals surface area contributed by atoms with Gasteiger partial charge >= 0.3 is 17.9 Å². The van der Waals surface area contributed by atoms with Gasteiger partial charge in [0.15, 0.2) is 18.5 Å². The van der Waals surface area contributed by atoms with Gasteiger partial charge in [0.05, 0.1) is 33.0 Å². The molecular weight excluding hydrogens is 921 g/mol. The van der Waals surface area contributed by atoms with E-state index in [0.717, 1.165) is 36.1 Å². The van der Waals surface area contributed by atoms with Crippen LogP contribution in [0.5, 0.6) is 0 Å². The average Bonchev–Trinajstić information content (AvgIpc) is 3.29. The molecule has 2 heterocycles. The van der Waals surface area contributed by atoms with Gasteiger partial charge in [0.25, 0.3) is 3.79 Å². The second-order valence-electron chi connectivity index (χ2n) is 15.4. The van der Waals surface area contributed by atoms with E-state index < -0.39 is 95.6 Å². The van der Waals surface area contributed by atoms with E-state index in [2.05, 4.69) is 0 Å². The lowest BCUT2D eigenvalue weighted by Gasteiger charge is -2.49. The number of carbonyl (C=O) groups is 3. The van der Waals surface area contributed by atoms with E-state index in [0.29, 0.717) is 0 Å². The maximum Gasteiger partial charge on any atom is 0.303 e. The van der Waals surface area contributed by atoms with Crippen molar-refractivity contribution in [1.82, 2.24) is 0 Å². The summed E-state index contributed by atoms with van der Waals surface area (Å²) >= 11 is 18.1. The molecule has 4 aromatic carbocycles. The second-order valence-corrected chi connectivity index (χ2v) is 17.6. The van der Waals surface area contributed by atoms with Crippen LogP contribution in [0.2, 0.25) is 0 Å². The third-order valence-corrected chi connectivity index (χ3v) is 10.8. The van der Waals surface area contributed by atoms with E-state index in [1.807, 2.05) is 121 Å². The minimum absolute atomic E-state index is 0.0380. The lowest BCUT2D eigenvalue weighted by Crippen LogP contribution is -2.67. The van der Waals surface area contributed by atoms with Crippen molar-refractivity contribution in [3.63, 3.8) is 0 Å². The molecule has 0 aromatic heterocycles. The molecule has 354 valence electrons. The SMILES string of the molecule is CC(=O)OC[C@H]1O[C@@H](OC(=N)C(Cl)(Cl)Cl)[C@H](OC(C)=O)[C@@H](O[C@H]2O[C@H](COCc3ccccc3)[C@H](OCc3ccccc3)[C@H](OCc3ccccc3)[C@H]2OCc2ccccc2)[C@H]1OC(C)=O. The zero-order valence-electron chi connectivity index (χ0n) is 36.4. The van der Waals surface area contributed by atoms with Crippen LogP contribution in [0.1, 0.15) is 43.0 Å². The molecule has 18 heteroatoms. The van der Waals surface area contributed by atoms with Gasteiger partial charge in [-0.1, -0.05) is 156 Å². The quantitative estimate of drug-likeness (QED) is 0.0301. The highest BCUT2D eigenvalue weighted by atomic mass is 35.6. The highest BCUT2D eigenvalue weighted by Gasteiger charge is 2.57. The Morgan fingerprint density at radius 2 is 0.924 bits per heavy atom. The lowest BCUT2D eigenvalue weighted by molar-refractivity contribution is -0.367. The maximum atomic E-state index is 12.9. The number of nitrogens with one attached hydrogen (secondary N) is 1. The number of benzene rings is 4. The number of ether oxygens (including phenoxy) is 11. The van der Waals surface area contributed by atoms with Gasteiger partial charge in [0, 0.05) is 20.8 Å². The minimum atomic E-state index is -2.40. The van der Waals surface area contributed by atoms with E-state index in [4.69, 9.17) is 92.3 Å². The van der Waals surface area contributed by atoms with Gasteiger partial charge in [-0.3, -0.25) is 19.8 Å². The van der Waals surface area contributed by atoms with Gasteiger partial charge in [-0.2, -0.15) is 0 Å². The number of alkyl halides is 3. The zero-order valence-corrected chi connectivity index (χ0v) is 38.7. The summed E-state index contributed by atoms with van der Waals surface area (Å²) in [6.45, 7) is 3.39. The molecule has 0 spiro atoms. The number of halogens is 3. The van der Waals surface area contributed by atoms with Gasteiger partial charge in [-0.05, 0) is 22.3 Å². The Balaban J connectivity index is 1.46. The molecule has 15 nitrogen and oxygen atoms in total. The summed E-state index contributed by atoms with van der Waals surface area (Å²) in [5.74, 6) is -3.26. The van der Waals surface area contributed by atoms with E-state index in [9.17, 15) is 14.4 Å². The van der Waals surface area contributed by atoms with Crippen molar-refractivity contribution in [3.05, 3.63) is 144 Å². The molecule has 0 bridgehead atoms. The van der Waals surface area contributed by atoms with Crippen molar-refractivity contribution < 1.29 is 66.5 Å². The Bertz CT molecular complexity index is 2140. The number of hydrogen-bond acceptors (Lipinski definition) is 15. The Hall–Kier alpha value is -4.65. The summed E-state index contributed by atoms with van der Waals surface area (Å²) in [5, 5.41) is 8.42. The molecule has 2 aliphatic heterocycles. The molecular formula is C48H52Cl3NO14. The van der Waals surface area contributed by atoms with Crippen LogP contribution in [0.25, 0.3) is 0 Å². The highest BCUT2D eigenvalue weighted by molar-refractivity contribution is 6.76. The van der Waals surface area contributed by atoms with E-state index in [1.54, 1.807) is 0 Å². The first-order chi connectivity index (χ1) is 31.7. The van der Waals surface area contributed by atoms with Gasteiger partial charge in [0.1, 0.15) is 43.2 Å². The predicted octanol–water partition coefficient (Wildman–Crippen LogP) is 7.58. The topological polar surface area (TPSA) is 177 Å². The number of esters is 3. The van der Waals surface area contributed by atoms with E-state index >= 15 is 0 Å². The molecule has 0 aliphatic carbocycles. The maximum absolute atomic E-state index is 12.9. The Labute approximate surface area is 398 Å². The average molecular weight is 973 g/mol. The molecule has 4 aromatic rings. The summed E-state index contributed by atoms with van der Waals surface area (Å²) in [6.07, 6.45) is -13.2. The van der Waals surface area contributed by atoms with Crippen LogP contribution in [-0.2, 0) is 92.9 Å². The van der Waals surface area contributed by atoms with Gasteiger partial charge in [0.2, 0.25) is 12.2 Å². The lowest BCUT2D eigenvalue weighted by atomic mass is 9.95. The first-order valence-electron chi connectivity index (χ1n) is 21.1. The Morgan fingerprint density at radius 3 is 1.39 bits per heavy atom. The van der Waals surface area contributed by atoms with Crippen LogP contribution < -0.4 is 0 Å². The smallest absolute Gasteiger partial charge is 0.303 e. The molecule has 2 aliphatic rings. The largest absolute Gasteiger partial charge is 0.463 e. The molecule has 6 rings (SSSR count). The van der Waals surface area contributed by atoms with Crippen LogP contribution >= 0.6 is 34.8 Å². The van der Waals surface area contributed by atoms with Gasteiger partial charge in [-0.25, -0.2) is 0 Å². The zero-order chi connectivity index (χ0) is 47.1. The van der Waals surface area contributed by atoms with Gasteiger partial charge < -0.3 is 52.1 Å². The molecule has 1 N–H and O–H groups in total. The minimum Gasteiger partial charge on any atom is -0.463 e. The number of rotatable bonds is 20. The van der Waals surface area contributed by atoms with Crippen molar-refractivity contribution in [2.45, 2.75) is 112 Å². The Kier molecular flexibility index (Phi) is 19.2.